The molecule has 2 aliphatic rings. The zero-order valence-electron chi connectivity index (χ0n) is 26.4. The van der Waals surface area contributed by atoms with E-state index in [4.69, 9.17) is 29.1 Å². The molecular formula is C33H43N5O5Si. The second-order valence-electron chi connectivity index (χ2n) is 13.2. The highest BCUT2D eigenvalue weighted by atomic mass is 28.4. The molecule has 2 aromatic heterocycles. The molecule has 2 fully saturated rings. The van der Waals surface area contributed by atoms with Gasteiger partial charge in [-0.25, -0.2) is 15.0 Å². The largest absolute Gasteiger partial charge is 0.407 e. The van der Waals surface area contributed by atoms with E-state index in [0.717, 1.165) is 6.42 Å². The molecule has 2 unspecified atom stereocenters. The van der Waals surface area contributed by atoms with Crippen LogP contribution in [0, 0.1) is 11.3 Å². The van der Waals surface area contributed by atoms with Gasteiger partial charge in [0.25, 0.3) is 8.32 Å². The fourth-order valence-corrected chi connectivity index (χ4v) is 12.4. The van der Waals surface area contributed by atoms with E-state index in [0.29, 0.717) is 23.6 Å². The fraction of sp³-hybridized carbons (Fsp3) is 0.485. The van der Waals surface area contributed by atoms with Crippen molar-refractivity contribution in [2.24, 2.45) is 11.3 Å². The third-order valence-corrected chi connectivity index (χ3v) is 14.7. The number of nitrogen functional groups attached to an aromatic ring is 1. The highest BCUT2D eigenvalue weighted by molar-refractivity contribution is 6.99. The zero-order chi connectivity index (χ0) is 31.2. The molecule has 2 N–H and O–H groups in total. The number of ether oxygens (including phenoxy) is 4. The van der Waals surface area contributed by atoms with Gasteiger partial charge in [-0.05, 0) is 34.7 Å². The SMILES string of the molecule is COCOC1[C@]2(CO[Si](c3ccccc3)(c3ccccc3)C(C)(C)C)CC2[C@@H](n2cnc3c(N)ncnc32)[C@@]1(C)OCOC. The summed E-state index contributed by atoms with van der Waals surface area (Å²) in [5.74, 6) is 0.494. The summed E-state index contributed by atoms with van der Waals surface area (Å²) in [6.45, 7) is 9.69. The van der Waals surface area contributed by atoms with Gasteiger partial charge in [0.1, 0.15) is 31.0 Å². The van der Waals surface area contributed by atoms with Gasteiger partial charge in [0.05, 0.1) is 18.5 Å². The third kappa shape index (κ3) is 4.77. The van der Waals surface area contributed by atoms with Crippen LogP contribution in [-0.2, 0) is 23.4 Å². The maximum absolute atomic E-state index is 7.54. The zero-order valence-corrected chi connectivity index (χ0v) is 27.4. The Morgan fingerprint density at radius 2 is 1.57 bits per heavy atom. The molecule has 2 aromatic carbocycles. The molecular weight excluding hydrogens is 574 g/mol. The van der Waals surface area contributed by atoms with E-state index in [9.17, 15) is 0 Å². The average molecular weight is 618 g/mol. The van der Waals surface area contributed by atoms with Gasteiger partial charge >= 0.3 is 0 Å². The summed E-state index contributed by atoms with van der Waals surface area (Å²) >= 11 is 0. The van der Waals surface area contributed by atoms with E-state index in [-0.39, 0.29) is 42.1 Å². The molecule has 44 heavy (non-hydrogen) atoms. The quantitative estimate of drug-likeness (QED) is 0.187. The summed E-state index contributed by atoms with van der Waals surface area (Å²) in [6, 6.07) is 21.3. The fourth-order valence-electron chi connectivity index (χ4n) is 7.81. The van der Waals surface area contributed by atoms with Crippen molar-refractivity contribution in [1.82, 2.24) is 19.5 Å². The lowest BCUT2D eigenvalue weighted by Gasteiger charge is -2.45. The predicted octanol–water partition coefficient (Wildman–Crippen LogP) is 3.91. The summed E-state index contributed by atoms with van der Waals surface area (Å²) in [6.07, 6.45) is 3.79. The number of fused-ring (bicyclic) bond motifs is 2. The van der Waals surface area contributed by atoms with Crippen molar-refractivity contribution in [2.45, 2.75) is 56.9 Å². The first-order valence-electron chi connectivity index (χ1n) is 15.1. The van der Waals surface area contributed by atoms with Crippen molar-refractivity contribution >= 4 is 35.7 Å². The lowest BCUT2D eigenvalue weighted by molar-refractivity contribution is -0.220. The molecule has 4 aromatic rings. The van der Waals surface area contributed by atoms with Crippen LogP contribution in [0.1, 0.15) is 40.2 Å². The first-order chi connectivity index (χ1) is 21.1. The van der Waals surface area contributed by atoms with Crippen molar-refractivity contribution in [3.05, 3.63) is 73.3 Å². The second-order valence-corrected chi connectivity index (χ2v) is 17.5. The Morgan fingerprint density at radius 1 is 0.932 bits per heavy atom. The number of hydrogen-bond donors (Lipinski definition) is 1. The molecule has 2 heterocycles. The number of methoxy groups -OCH3 is 2. The van der Waals surface area contributed by atoms with Crippen molar-refractivity contribution in [3.63, 3.8) is 0 Å². The van der Waals surface area contributed by atoms with E-state index in [1.54, 1.807) is 20.5 Å². The summed E-state index contributed by atoms with van der Waals surface area (Å²) in [7, 11) is 0.446. The molecule has 0 radical (unpaired) electrons. The van der Waals surface area contributed by atoms with E-state index in [2.05, 4.69) is 108 Å². The van der Waals surface area contributed by atoms with Gasteiger partial charge in [0.2, 0.25) is 0 Å². The van der Waals surface area contributed by atoms with E-state index in [1.165, 1.54) is 16.7 Å². The monoisotopic (exact) mass is 617 g/mol. The van der Waals surface area contributed by atoms with Crippen LogP contribution in [0.2, 0.25) is 5.04 Å². The predicted molar refractivity (Wildman–Crippen MR) is 171 cm³/mol. The molecule has 0 spiro atoms. The van der Waals surface area contributed by atoms with Gasteiger partial charge in [-0.15, -0.1) is 0 Å². The lowest BCUT2D eigenvalue weighted by atomic mass is 9.88. The van der Waals surface area contributed by atoms with Gasteiger partial charge in [0, 0.05) is 26.2 Å². The minimum absolute atomic E-state index is 0.0992. The summed E-state index contributed by atoms with van der Waals surface area (Å²) < 4.78 is 33.7. The van der Waals surface area contributed by atoms with Gasteiger partial charge in [-0.2, -0.15) is 0 Å². The Kier molecular flexibility index (Phi) is 8.14. The molecule has 5 atom stereocenters. The van der Waals surface area contributed by atoms with Gasteiger partial charge < -0.3 is 33.7 Å². The van der Waals surface area contributed by atoms with Crippen LogP contribution in [0.3, 0.4) is 0 Å². The van der Waals surface area contributed by atoms with Gasteiger partial charge in [-0.1, -0.05) is 81.4 Å². The molecule has 0 saturated heterocycles. The summed E-state index contributed by atoms with van der Waals surface area (Å²) in [4.78, 5) is 13.3. The highest BCUT2D eigenvalue weighted by Gasteiger charge is 2.78. The highest BCUT2D eigenvalue weighted by Crippen LogP contribution is 2.73. The van der Waals surface area contributed by atoms with Crippen LogP contribution in [0.4, 0.5) is 5.82 Å². The first-order valence-corrected chi connectivity index (χ1v) is 17.0. The molecule has 0 aliphatic heterocycles. The van der Waals surface area contributed by atoms with E-state index >= 15 is 0 Å². The Balaban J connectivity index is 1.47. The molecule has 2 aliphatic carbocycles. The minimum atomic E-state index is -2.82. The molecule has 0 amide bonds. The number of nitrogens with zero attached hydrogens (tertiary/aromatic N) is 4. The molecule has 234 valence electrons. The van der Waals surface area contributed by atoms with Crippen molar-refractivity contribution in [1.29, 1.82) is 0 Å². The topological polar surface area (TPSA) is 116 Å². The molecule has 10 nitrogen and oxygen atoms in total. The lowest BCUT2D eigenvalue weighted by Crippen LogP contribution is -2.67. The number of rotatable bonds is 12. The van der Waals surface area contributed by atoms with Crippen LogP contribution in [-0.4, -0.2) is 74.0 Å². The normalized spacial score (nSPS) is 26.6. The Bertz CT molecular complexity index is 1540. The summed E-state index contributed by atoms with van der Waals surface area (Å²) in [5, 5.41) is 2.31. The summed E-state index contributed by atoms with van der Waals surface area (Å²) in [5.41, 5.74) is 6.25. The number of aromatic nitrogens is 4. The number of nitrogens with two attached hydrogens (primary N) is 1. The maximum atomic E-state index is 7.54. The van der Waals surface area contributed by atoms with Crippen molar-refractivity contribution in [2.75, 3.05) is 40.1 Å². The van der Waals surface area contributed by atoms with Crippen LogP contribution in [0.25, 0.3) is 11.2 Å². The standard InChI is InChI=1S/C33H43N5O5Si/c1-31(2,3)44(23-13-9-7-10-14-23,24-15-11-8-12-16-24)43-18-33-17-25(33)27(32(4,42-22-40-6)30(33)41-21-39-5)38-20-37-26-28(34)35-19-36-29(26)38/h7-16,19-20,25,27,30H,17-18,21-22H2,1-6H3,(H2,34,35,36)/t25?,27-,30?,32-,33+/m1/s1. The van der Waals surface area contributed by atoms with Crippen molar-refractivity contribution < 1.29 is 23.4 Å². The molecule has 0 bridgehead atoms. The molecule has 2 saturated carbocycles. The van der Waals surface area contributed by atoms with Gasteiger partial charge in [-0.3, -0.25) is 0 Å². The van der Waals surface area contributed by atoms with Crippen LogP contribution >= 0.6 is 0 Å². The van der Waals surface area contributed by atoms with Crippen molar-refractivity contribution in [3.8, 4) is 0 Å². The van der Waals surface area contributed by atoms with Crippen LogP contribution in [0.15, 0.2) is 73.3 Å². The number of hydrogen-bond acceptors (Lipinski definition) is 9. The number of imidazole rings is 1. The molecule has 11 heteroatoms. The Labute approximate surface area is 260 Å². The van der Waals surface area contributed by atoms with Gasteiger partial charge in [0.15, 0.2) is 11.5 Å². The van der Waals surface area contributed by atoms with Crippen LogP contribution in [0.5, 0.6) is 0 Å². The number of benzene rings is 2. The maximum Gasteiger partial charge on any atom is 0.261 e. The second kappa shape index (κ2) is 11.6. The third-order valence-electron chi connectivity index (χ3n) is 9.69. The smallest absolute Gasteiger partial charge is 0.261 e. The minimum Gasteiger partial charge on any atom is -0.407 e. The molecule has 6 rings (SSSR count). The average Bonchev–Trinajstić information content (AvgIpc) is 3.48. The first kappa shape index (κ1) is 30.8. The Morgan fingerprint density at radius 3 is 2.16 bits per heavy atom. The van der Waals surface area contributed by atoms with E-state index < -0.39 is 13.9 Å². The Hall–Kier alpha value is -3.19. The van der Waals surface area contributed by atoms with Crippen LogP contribution < -0.4 is 16.1 Å². The van der Waals surface area contributed by atoms with E-state index in [1.807, 2.05) is 0 Å². The number of anilines is 1.